The summed E-state index contributed by atoms with van der Waals surface area (Å²) in [5.41, 5.74) is 11.1. The smallest absolute Gasteiger partial charge is 0.251 e. The Balaban J connectivity index is 0.00000210. The zero-order valence-corrected chi connectivity index (χ0v) is 19.1. The minimum absolute atomic E-state index is 0. The molecule has 0 bridgehead atoms. The molecule has 1 aliphatic carbocycles. The fraction of sp³-hybridized carbons (Fsp3) is 0.435. The molecule has 1 aliphatic rings. The van der Waals surface area contributed by atoms with E-state index in [1.807, 2.05) is 24.3 Å². The van der Waals surface area contributed by atoms with Gasteiger partial charge in [-0.2, -0.15) is 0 Å². The van der Waals surface area contributed by atoms with Crippen molar-refractivity contribution in [3.8, 4) is 0 Å². The number of hydrogen-bond donors (Lipinski definition) is 2. The maximum Gasteiger partial charge on any atom is 0.251 e. The molecule has 6 heteroatoms. The van der Waals surface area contributed by atoms with E-state index < -0.39 is 0 Å². The lowest BCUT2D eigenvalue weighted by Crippen LogP contribution is -2.31. The van der Waals surface area contributed by atoms with Crippen LogP contribution in [-0.4, -0.2) is 23.4 Å². The van der Waals surface area contributed by atoms with Gasteiger partial charge in [-0.1, -0.05) is 25.1 Å². The number of nitrogens with one attached hydrogen (secondary N) is 1. The van der Waals surface area contributed by atoms with Gasteiger partial charge in [0.15, 0.2) is 0 Å². The lowest BCUT2D eigenvalue weighted by atomic mass is 9.87. The van der Waals surface area contributed by atoms with Crippen molar-refractivity contribution in [2.45, 2.75) is 58.7 Å². The Morgan fingerprint density at radius 3 is 2.48 bits per heavy atom. The lowest BCUT2D eigenvalue weighted by molar-refractivity contribution is 0.0932. The third kappa shape index (κ3) is 6.36. The van der Waals surface area contributed by atoms with Gasteiger partial charge >= 0.3 is 0 Å². The molecule has 160 valence electrons. The van der Waals surface area contributed by atoms with Crippen LogP contribution in [0.3, 0.4) is 0 Å². The number of anilines is 1. The minimum Gasteiger partial charge on any atom is -0.399 e. The molecule has 0 radical (unpaired) electrons. The predicted octanol–water partition coefficient (Wildman–Crippen LogP) is 5.15. The average molecular weight is 438 g/mol. The number of carbonyl (C=O) groups excluding carboxylic acids is 1. The first-order chi connectivity index (χ1) is 13.0. The molecule has 29 heavy (non-hydrogen) atoms. The third-order valence-electron chi connectivity index (χ3n) is 5.52. The number of amides is 1. The SMILES string of the molecule is CCN(Cc1ccc(C(=O)NC2CCCc3cc(N)ccc32)cc1)C(C)C.Cl.Cl. The van der Waals surface area contributed by atoms with Gasteiger partial charge in [0.25, 0.3) is 5.91 Å². The van der Waals surface area contributed by atoms with Crippen LogP contribution >= 0.6 is 24.8 Å². The normalized spacial score (nSPS) is 15.3. The second kappa shape index (κ2) is 11.4. The van der Waals surface area contributed by atoms with Crippen LogP contribution < -0.4 is 11.1 Å². The summed E-state index contributed by atoms with van der Waals surface area (Å²) in [6, 6.07) is 14.6. The second-order valence-corrected chi connectivity index (χ2v) is 7.73. The molecule has 2 aromatic rings. The Labute approximate surface area is 187 Å². The lowest BCUT2D eigenvalue weighted by Gasteiger charge is -2.27. The second-order valence-electron chi connectivity index (χ2n) is 7.73. The van der Waals surface area contributed by atoms with Crippen LogP contribution in [-0.2, 0) is 13.0 Å². The summed E-state index contributed by atoms with van der Waals surface area (Å²) in [7, 11) is 0. The number of fused-ring (bicyclic) bond motifs is 1. The van der Waals surface area contributed by atoms with Crippen molar-refractivity contribution in [1.29, 1.82) is 0 Å². The monoisotopic (exact) mass is 437 g/mol. The summed E-state index contributed by atoms with van der Waals surface area (Å²) in [5.74, 6) is -0.00701. The number of nitrogen functional groups attached to an aromatic ring is 1. The highest BCUT2D eigenvalue weighted by molar-refractivity contribution is 5.94. The van der Waals surface area contributed by atoms with E-state index in [0.29, 0.717) is 11.6 Å². The summed E-state index contributed by atoms with van der Waals surface area (Å²) in [6.07, 6.45) is 3.08. The number of halogens is 2. The topological polar surface area (TPSA) is 58.4 Å². The molecule has 0 heterocycles. The van der Waals surface area contributed by atoms with Gasteiger partial charge in [-0.05, 0) is 80.6 Å². The first-order valence-electron chi connectivity index (χ1n) is 10.00. The Morgan fingerprint density at radius 1 is 1.17 bits per heavy atom. The number of nitrogens with two attached hydrogens (primary N) is 1. The Morgan fingerprint density at radius 2 is 1.86 bits per heavy atom. The first kappa shape index (κ1) is 25.3. The molecular weight excluding hydrogens is 405 g/mol. The number of carbonyl (C=O) groups is 1. The third-order valence-corrected chi connectivity index (χ3v) is 5.52. The van der Waals surface area contributed by atoms with Gasteiger partial charge in [-0.3, -0.25) is 9.69 Å². The zero-order valence-electron chi connectivity index (χ0n) is 17.5. The first-order valence-corrected chi connectivity index (χ1v) is 10.00. The Bertz CT molecular complexity index is 793. The zero-order chi connectivity index (χ0) is 19.4. The van der Waals surface area contributed by atoms with E-state index in [-0.39, 0.29) is 36.8 Å². The van der Waals surface area contributed by atoms with E-state index in [1.165, 1.54) is 16.7 Å². The minimum atomic E-state index is -0.00701. The predicted molar refractivity (Wildman–Crippen MR) is 126 cm³/mol. The van der Waals surface area contributed by atoms with Crippen molar-refractivity contribution in [3.63, 3.8) is 0 Å². The molecule has 0 saturated heterocycles. The maximum absolute atomic E-state index is 12.7. The summed E-state index contributed by atoms with van der Waals surface area (Å²) in [6.45, 7) is 8.53. The molecule has 0 fully saturated rings. The summed E-state index contributed by atoms with van der Waals surface area (Å²) in [5, 5.41) is 3.21. The molecule has 2 aromatic carbocycles. The van der Waals surface area contributed by atoms with Crippen molar-refractivity contribution < 1.29 is 4.79 Å². The number of nitrogens with zero attached hydrogens (tertiary/aromatic N) is 1. The van der Waals surface area contributed by atoms with Gasteiger partial charge in [0, 0.05) is 23.8 Å². The van der Waals surface area contributed by atoms with Crippen molar-refractivity contribution >= 4 is 36.4 Å². The van der Waals surface area contributed by atoms with Crippen molar-refractivity contribution in [2.24, 2.45) is 0 Å². The number of benzene rings is 2. The van der Waals surface area contributed by atoms with Gasteiger partial charge in [0.05, 0.1) is 6.04 Å². The Hall–Kier alpha value is -1.75. The summed E-state index contributed by atoms with van der Waals surface area (Å²) >= 11 is 0. The number of hydrogen-bond acceptors (Lipinski definition) is 3. The number of aryl methyl sites for hydroxylation is 1. The summed E-state index contributed by atoms with van der Waals surface area (Å²) < 4.78 is 0. The largest absolute Gasteiger partial charge is 0.399 e. The molecule has 4 nitrogen and oxygen atoms in total. The molecule has 0 aliphatic heterocycles. The van der Waals surface area contributed by atoms with Gasteiger partial charge in [-0.25, -0.2) is 0 Å². The highest BCUT2D eigenvalue weighted by Gasteiger charge is 2.22. The fourth-order valence-corrected chi connectivity index (χ4v) is 3.88. The van der Waals surface area contributed by atoms with Crippen LogP contribution in [0.1, 0.15) is 66.7 Å². The van der Waals surface area contributed by atoms with E-state index >= 15 is 0 Å². The molecular formula is C23H33Cl2N3O. The van der Waals surface area contributed by atoms with Crippen LogP contribution in [0, 0.1) is 0 Å². The van der Waals surface area contributed by atoms with Gasteiger partial charge in [0.1, 0.15) is 0 Å². The van der Waals surface area contributed by atoms with Gasteiger partial charge < -0.3 is 11.1 Å². The number of rotatable bonds is 6. The highest BCUT2D eigenvalue weighted by atomic mass is 35.5. The Kier molecular flexibility index (Phi) is 9.97. The maximum atomic E-state index is 12.7. The van der Waals surface area contributed by atoms with E-state index in [9.17, 15) is 4.79 Å². The van der Waals surface area contributed by atoms with Gasteiger partial charge in [0.2, 0.25) is 0 Å². The standard InChI is InChI=1S/C23H31N3O.2ClH/c1-4-26(16(2)3)15-17-8-10-18(11-9-17)23(27)25-22-7-5-6-19-14-20(24)12-13-21(19)22;;/h8-14,16,22H,4-7,15,24H2,1-3H3,(H,25,27);2*1H. The molecule has 3 N–H and O–H groups in total. The fourth-order valence-electron chi connectivity index (χ4n) is 3.88. The van der Waals surface area contributed by atoms with Crippen LogP contribution in [0.2, 0.25) is 0 Å². The van der Waals surface area contributed by atoms with Crippen LogP contribution in [0.4, 0.5) is 5.69 Å². The van der Waals surface area contributed by atoms with Crippen molar-refractivity contribution in [3.05, 3.63) is 64.7 Å². The van der Waals surface area contributed by atoms with Crippen LogP contribution in [0.5, 0.6) is 0 Å². The molecule has 1 atom stereocenters. The van der Waals surface area contributed by atoms with E-state index in [4.69, 9.17) is 5.73 Å². The van der Waals surface area contributed by atoms with E-state index in [0.717, 1.165) is 38.0 Å². The van der Waals surface area contributed by atoms with E-state index in [1.54, 1.807) is 0 Å². The van der Waals surface area contributed by atoms with E-state index in [2.05, 4.69) is 49.2 Å². The quantitative estimate of drug-likeness (QED) is 0.614. The average Bonchev–Trinajstić information content (AvgIpc) is 2.66. The van der Waals surface area contributed by atoms with Crippen molar-refractivity contribution in [1.82, 2.24) is 10.2 Å². The molecule has 1 unspecified atom stereocenters. The van der Waals surface area contributed by atoms with Crippen molar-refractivity contribution in [2.75, 3.05) is 12.3 Å². The van der Waals surface area contributed by atoms with Crippen LogP contribution in [0.25, 0.3) is 0 Å². The molecule has 0 saturated carbocycles. The molecule has 0 aromatic heterocycles. The molecule has 1 amide bonds. The highest BCUT2D eigenvalue weighted by Crippen LogP contribution is 2.31. The molecule has 0 spiro atoms. The van der Waals surface area contributed by atoms with Gasteiger partial charge in [-0.15, -0.1) is 24.8 Å². The molecule has 3 rings (SSSR count). The van der Waals surface area contributed by atoms with Crippen LogP contribution in [0.15, 0.2) is 42.5 Å². The summed E-state index contributed by atoms with van der Waals surface area (Å²) in [4.78, 5) is 15.1.